The standard InChI is InChI=1S/C22H25N3O3S2/c1-5-25-21(14-30(27,28)19-10-6-15(2)7-11-19)23-24-22(25)29-13-20(26)18-9-8-16(3)17(4)12-18/h6-12H,5,13-14H2,1-4H3. The van der Waals surface area contributed by atoms with Crippen LogP contribution in [0.15, 0.2) is 52.5 Å². The minimum Gasteiger partial charge on any atom is -0.305 e. The molecule has 0 spiro atoms. The van der Waals surface area contributed by atoms with Gasteiger partial charge in [-0.05, 0) is 57.0 Å². The highest BCUT2D eigenvalue weighted by Gasteiger charge is 2.21. The first-order valence-electron chi connectivity index (χ1n) is 9.66. The van der Waals surface area contributed by atoms with Crippen molar-refractivity contribution in [3.05, 3.63) is 70.5 Å². The Morgan fingerprint density at radius 2 is 1.70 bits per heavy atom. The molecule has 3 rings (SSSR count). The van der Waals surface area contributed by atoms with Gasteiger partial charge < -0.3 is 4.57 Å². The number of hydrogen-bond donors (Lipinski definition) is 0. The van der Waals surface area contributed by atoms with Crippen molar-refractivity contribution in [2.24, 2.45) is 0 Å². The van der Waals surface area contributed by atoms with E-state index in [2.05, 4.69) is 10.2 Å². The van der Waals surface area contributed by atoms with Crippen molar-refractivity contribution in [2.75, 3.05) is 5.75 Å². The van der Waals surface area contributed by atoms with Crippen LogP contribution in [0.25, 0.3) is 0 Å². The van der Waals surface area contributed by atoms with Gasteiger partial charge in [-0.2, -0.15) is 0 Å². The van der Waals surface area contributed by atoms with Crippen LogP contribution in [0.2, 0.25) is 0 Å². The van der Waals surface area contributed by atoms with Crippen molar-refractivity contribution in [1.29, 1.82) is 0 Å². The van der Waals surface area contributed by atoms with Gasteiger partial charge in [0.1, 0.15) is 11.6 Å². The number of thioether (sulfide) groups is 1. The highest BCUT2D eigenvalue weighted by Crippen LogP contribution is 2.22. The number of hydrogen-bond acceptors (Lipinski definition) is 6. The molecule has 0 unspecified atom stereocenters. The molecule has 0 saturated carbocycles. The molecule has 1 heterocycles. The molecule has 6 nitrogen and oxygen atoms in total. The summed E-state index contributed by atoms with van der Waals surface area (Å²) in [5.74, 6) is 0.357. The Bertz CT molecular complexity index is 1170. The van der Waals surface area contributed by atoms with E-state index in [0.29, 0.717) is 23.1 Å². The van der Waals surface area contributed by atoms with Gasteiger partial charge in [0.15, 0.2) is 20.8 Å². The molecule has 0 radical (unpaired) electrons. The molecular formula is C22H25N3O3S2. The molecule has 8 heteroatoms. The van der Waals surface area contributed by atoms with E-state index in [0.717, 1.165) is 16.7 Å². The topological polar surface area (TPSA) is 81.9 Å². The number of Topliss-reactive ketones (excluding diaryl/α,β-unsaturated/α-hetero) is 1. The molecule has 0 fully saturated rings. The molecule has 0 aliphatic rings. The van der Waals surface area contributed by atoms with E-state index in [1.54, 1.807) is 28.8 Å². The van der Waals surface area contributed by atoms with Crippen LogP contribution >= 0.6 is 11.8 Å². The number of sulfone groups is 1. The van der Waals surface area contributed by atoms with Crippen molar-refractivity contribution >= 4 is 27.4 Å². The fourth-order valence-corrected chi connectivity index (χ4v) is 5.16. The molecule has 0 N–H and O–H groups in total. The van der Waals surface area contributed by atoms with Crippen molar-refractivity contribution in [3.8, 4) is 0 Å². The predicted molar refractivity (Wildman–Crippen MR) is 119 cm³/mol. The second-order valence-corrected chi connectivity index (χ2v) is 10.2. The summed E-state index contributed by atoms with van der Waals surface area (Å²) in [7, 11) is -3.53. The van der Waals surface area contributed by atoms with E-state index in [-0.39, 0.29) is 22.2 Å². The number of rotatable bonds is 8. The van der Waals surface area contributed by atoms with Crippen LogP contribution < -0.4 is 0 Å². The Kier molecular flexibility index (Phi) is 6.77. The van der Waals surface area contributed by atoms with Crippen molar-refractivity contribution < 1.29 is 13.2 Å². The Balaban J connectivity index is 1.74. The van der Waals surface area contributed by atoms with Crippen molar-refractivity contribution in [2.45, 2.75) is 50.0 Å². The molecule has 0 amide bonds. The molecule has 1 aromatic heterocycles. The zero-order valence-corrected chi connectivity index (χ0v) is 19.2. The monoisotopic (exact) mass is 443 g/mol. The fraction of sp³-hybridized carbons (Fsp3) is 0.318. The van der Waals surface area contributed by atoms with Crippen LogP contribution in [0.4, 0.5) is 0 Å². The van der Waals surface area contributed by atoms with Crippen LogP contribution in [-0.4, -0.2) is 34.7 Å². The fourth-order valence-electron chi connectivity index (χ4n) is 2.98. The quantitative estimate of drug-likeness (QED) is 0.384. The third-order valence-electron chi connectivity index (χ3n) is 4.97. The number of carbonyl (C=O) groups is 1. The largest absolute Gasteiger partial charge is 0.305 e. The number of carbonyl (C=O) groups excluding carboxylic acids is 1. The number of benzene rings is 2. The summed E-state index contributed by atoms with van der Waals surface area (Å²) in [5.41, 5.74) is 3.88. The van der Waals surface area contributed by atoms with Crippen molar-refractivity contribution in [1.82, 2.24) is 14.8 Å². The molecular weight excluding hydrogens is 418 g/mol. The highest BCUT2D eigenvalue weighted by atomic mass is 32.2. The zero-order chi connectivity index (χ0) is 21.9. The lowest BCUT2D eigenvalue weighted by atomic mass is 10.0. The first-order chi connectivity index (χ1) is 14.2. The Hall–Kier alpha value is -2.45. The minimum absolute atomic E-state index is 0.00239. The van der Waals surface area contributed by atoms with Crippen LogP contribution in [0, 0.1) is 20.8 Å². The lowest BCUT2D eigenvalue weighted by molar-refractivity contribution is 0.102. The van der Waals surface area contributed by atoms with Gasteiger partial charge >= 0.3 is 0 Å². The average molecular weight is 444 g/mol. The van der Waals surface area contributed by atoms with Crippen LogP contribution in [0.1, 0.15) is 39.8 Å². The Morgan fingerprint density at radius 1 is 1.00 bits per heavy atom. The first kappa shape index (κ1) is 22.2. The summed E-state index contributed by atoms with van der Waals surface area (Å²) < 4.78 is 27.3. The predicted octanol–water partition coefficient (Wildman–Crippen LogP) is 4.17. The molecule has 2 aromatic carbocycles. The van der Waals surface area contributed by atoms with E-state index in [9.17, 15) is 13.2 Å². The summed E-state index contributed by atoms with van der Waals surface area (Å²) >= 11 is 1.27. The van der Waals surface area contributed by atoms with Gasteiger partial charge in [-0.25, -0.2) is 8.42 Å². The van der Waals surface area contributed by atoms with Gasteiger partial charge in [-0.3, -0.25) is 4.79 Å². The normalized spacial score (nSPS) is 11.6. The minimum atomic E-state index is -3.53. The summed E-state index contributed by atoms with van der Waals surface area (Å²) in [6.07, 6.45) is 0. The Morgan fingerprint density at radius 3 is 2.33 bits per heavy atom. The maximum Gasteiger partial charge on any atom is 0.191 e. The van der Waals surface area contributed by atoms with E-state index >= 15 is 0 Å². The molecule has 0 atom stereocenters. The molecule has 3 aromatic rings. The lowest BCUT2D eigenvalue weighted by Gasteiger charge is -2.09. The van der Waals surface area contributed by atoms with Gasteiger partial charge in [0.25, 0.3) is 0 Å². The smallest absolute Gasteiger partial charge is 0.191 e. The van der Waals surface area contributed by atoms with E-state index < -0.39 is 9.84 Å². The number of aromatic nitrogens is 3. The molecule has 0 saturated heterocycles. The first-order valence-corrected chi connectivity index (χ1v) is 12.3. The maximum atomic E-state index is 12.8. The maximum absolute atomic E-state index is 12.8. The third kappa shape index (κ3) is 4.99. The van der Waals surface area contributed by atoms with Gasteiger partial charge in [-0.15, -0.1) is 10.2 Å². The van der Waals surface area contributed by atoms with E-state index in [1.807, 2.05) is 45.9 Å². The van der Waals surface area contributed by atoms with E-state index in [1.165, 1.54) is 11.8 Å². The van der Waals surface area contributed by atoms with Gasteiger partial charge in [0, 0.05) is 12.1 Å². The summed E-state index contributed by atoms with van der Waals surface area (Å²) in [6, 6.07) is 12.4. The second kappa shape index (κ2) is 9.14. The molecule has 0 aliphatic carbocycles. The SMILES string of the molecule is CCn1c(CS(=O)(=O)c2ccc(C)cc2)nnc1SCC(=O)c1ccc(C)c(C)c1. The Labute approximate surface area is 181 Å². The summed E-state index contributed by atoms with van der Waals surface area (Å²) in [5, 5.41) is 8.77. The number of nitrogens with zero attached hydrogens (tertiary/aromatic N) is 3. The second-order valence-electron chi connectivity index (χ2n) is 7.23. The number of aryl methyl sites for hydroxylation is 3. The average Bonchev–Trinajstić information content (AvgIpc) is 3.09. The third-order valence-corrected chi connectivity index (χ3v) is 7.57. The van der Waals surface area contributed by atoms with Crippen LogP contribution in [0.5, 0.6) is 0 Å². The zero-order valence-electron chi connectivity index (χ0n) is 17.5. The molecule has 30 heavy (non-hydrogen) atoms. The molecule has 0 aliphatic heterocycles. The van der Waals surface area contributed by atoms with Gasteiger partial charge in [0.2, 0.25) is 0 Å². The number of ketones is 1. The van der Waals surface area contributed by atoms with E-state index in [4.69, 9.17) is 0 Å². The van der Waals surface area contributed by atoms with Crippen molar-refractivity contribution in [3.63, 3.8) is 0 Å². The lowest BCUT2D eigenvalue weighted by Crippen LogP contribution is -2.12. The summed E-state index contributed by atoms with van der Waals surface area (Å²) in [4.78, 5) is 12.8. The van der Waals surface area contributed by atoms with Crippen LogP contribution in [0.3, 0.4) is 0 Å². The molecule has 0 bridgehead atoms. The summed E-state index contributed by atoms with van der Waals surface area (Å²) in [6.45, 7) is 8.32. The molecule has 158 valence electrons. The van der Waals surface area contributed by atoms with Gasteiger partial charge in [-0.1, -0.05) is 41.6 Å². The van der Waals surface area contributed by atoms with Gasteiger partial charge in [0.05, 0.1) is 10.6 Å². The van der Waals surface area contributed by atoms with Crippen LogP contribution in [-0.2, 0) is 22.1 Å². The highest BCUT2D eigenvalue weighted by molar-refractivity contribution is 7.99.